The van der Waals surface area contributed by atoms with Gasteiger partial charge in [-0.25, -0.2) is 4.57 Å². The molecule has 2 rings (SSSR count). The number of benzene rings is 2. The zero-order valence-corrected chi connectivity index (χ0v) is 22.4. The number of hydrogen-bond donors (Lipinski definition) is 1. The summed E-state index contributed by atoms with van der Waals surface area (Å²) >= 11 is 0. The molecule has 0 saturated carbocycles. The second kappa shape index (κ2) is 15.5. The third kappa shape index (κ3) is 10.6. The first-order chi connectivity index (χ1) is 17.3. The molecule has 0 spiro atoms. The Morgan fingerprint density at radius 3 is 1.92 bits per heavy atom. The van der Waals surface area contributed by atoms with Crippen molar-refractivity contribution in [1.29, 1.82) is 0 Å². The van der Waals surface area contributed by atoms with E-state index in [0.29, 0.717) is 26.2 Å². The van der Waals surface area contributed by atoms with E-state index in [1.165, 1.54) is 6.07 Å². The number of ether oxygens (including phenoxy) is 3. The molecule has 2 aromatic carbocycles. The molecule has 0 heterocycles. The number of aryl methyl sites for hydroxylation is 1. The van der Waals surface area contributed by atoms with Gasteiger partial charge in [-0.15, -0.1) is 4.20 Å². The molecule has 0 saturated heterocycles. The first kappa shape index (κ1) is 29.7. The zero-order chi connectivity index (χ0) is 26.4. The molecule has 0 radical (unpaired) electrons. The predicted molar refractivity (Wildman–Crippen MR) is 138 cm³/mol. The molecule has 0 amide bonds. The van der Waals surface area contributed by atoms with E-state index in [1.54, 1.807) is 6.07 Å². The Bertz CT molecular complexity index is 988. The molecule has 9 heteroatoms. The van der Waals surface area contributed by atoms with Crippen LogP contribution in [0, 0.1) is 0 Å². The number of ketones is 1. The molecule has 0 aliphatic rings. The first-order valence-corrected chi connectivity index (χ1v) is 14.1. The highest BCUT2D eigenvalue weighted by molar-refractivity contribution is 7.47. The highest BCUT2D eigenvalue weighted by Gasteiger charge is 2.27. The summed E-state index contributed by atoms with van der Waals surface area (Å²) in [5, 5.41) is 0. The molecule has 1 atom stereocenters. The van der Waals surface area contributed by atoms with Crippen molar-refractivity contribution in [3.05, 3.63) is 47.5 Å². The molecular weight excluding hydrogens is 486 g/mol. The lowest BCUT2D eigenvalue weighted by molar-refractivity contribution is 0.0976. The van der Waals surface area contributed by atoms with Gasteiger partial charge in [-0.2, -0.15) is 0 Å². The van der Waals surface area contributed by atoms with Gasteiger partial charge < -0.3 is 18.7 Å². The van der Waals surface area contributed by atoms with Crippen molar-refractivity contribution < 1.29 is 37.2 Å². The Hall–Kier alpha value is -2.57. The fourth-order valence-electron chi connectivity index (χ4n) is 3.36. The lowest BCUT2D eigenvalue weighted by Gasteiger charge is -2.18. The van der Waals surface area contributed by atoms with Crippen LogP contribution in [-0.4, -0.2) is 30.5 Å². The number of halogens is 1. The Morgan fingerprint density at radius 1 is 0.833 bits per heavy atom. The molecule has 0 aliphatic heterocycles. The SMILES string of the molecule is CCCCOc1ccc(CCC(=O)c2c(OCCCC)cc(OCCCC)cc2OP(=O)(O)F)cc1. The standard InChI is InChI=1S/C27H38FO7P/c1-4-7-16-32-22-13-10-21(11-14-22)12-15-24(29)27-25(34-18-9-6-3)19-23(33-17-8-5-2)20-26(27)35-36(28,30)31/h10-11,13-14,19-20H,4-9,12,15-18H2,1-3H3,(H,30,31). The van der Waals surface area contributed by atoms with Crippen LogP contribution in [0.4, 0.5) is 4.20 Å². The van der Waals surface area contributed by atoms with E-state index in [9.17, 15) is 18.4 Å². The molecule has 7 nitrogen and oxygen atoms in total. The normalized spacial score (nSPS) is 12.6. The smallest absolute Gasteiger partial charge is 0.494 e. The minimum absolute atomic E-state index is 0.0641. The van der Waals surface area contributed by atoms with Gasteiger partial charge in [0.25, 0.3) is 0 Å². The largest absolute Gasteiger partial charge is 0.567 e. The lowest BCUT2D eigenvalue weighted by Crippen LogP contribution is -2.10. The lowest BCUT2D eigenvalue weighted by atomic mass is 10.0. The van der Waals surface area contributed by atoms with E-state index in [4.69, 9.17) is 18.7 Å². The Balaban J connectivity index is 2.26. The third-order valence-electron chi connectivity index (χ3n) is 5.38. The van der Waals surface area contributed by atoms with Crippen LogP contribution in [0.25, 0.3) is 0 Å². The van der Waals surface area contributed by atoms with Crippen molar-refractivity contribution in [3.63, 3.8) is 0 Å². The van der Waals surface area contributed by atoms with Gasteiger partial charge in [0, 0.05) is 18.6 Å². The monoisotopic (exact) mass is 524 g/mol. The fraction of sp³-hybridized carbons (Fsp3) is 0.519. The Kier molecular flexibility index (Phi) is 12.8. The van der Waals surface area contributed by atoms with Crippen molar-refractivity contribution in [2.24, 2.45) is 0 Å². The van der Waals surface area contributed by atoms with Gasteiger partial charge in [-0.3, -0.25) is 9.69 Å². The van der Waals surface area contributed by atoms with Crippen LogP contribution in [-0.2, 0) is 11.0 Å². The topological polar surface area (TPSA) is 91.3 Å². The first-order valence-electron chi connectivity index (χ1n) is 12.7. The Morgan fingerprint density at radius 2 is 1.36 bits per heavy atom. The second-order valence-electron chi connectivity index (χ2n) is 8.51. The molecule has 0 aromatic heterocycles. The summed E-state index contributed by atoms with van der Waals surface area (Å²) in [7, 11) is -5.43. The van der Waals surface area contributed by atoms with Crippen molar-refractivity contribution in [2.45, 2.75) is 72.1 Å². The van der Waals surface area contributed by atoms with E-state index in [1.807, 2.05) is 38.1 Å². The summed E-state index contributed by atoms with van der Waals surface area (Å²) < 4.78 is 47.0. The van der Waals surface area contributed by atoms with E-state index in [2.05, 4.69) is 6.92 Å². The van der Waals surface area contributed by atoms with E-state index in [0.717, 1.165) is 49.8 Å². The average Bonchev–Trinajstić information content (AvgIpc) is 2.83. The maximum Gasteiger partial charge on any atom is 0.567 e. The average molecular weight is 525 g/mol. The minimum Gasteiger partial charge on any atom is -0.494 e. The molecular formula is C27H38FO7P. The predicted octanol–water partition coefficient (Wildman–Crippen LogP) is 7.49. The number of unbranched alkanes of at least 4 members (excludes halogenated alkanes) is 3. The van der Waals surface area contributed by atoms with Crippen LogP contribution >= 0.6 is 7.91 Å². The summed E-state index contributed by atoms with van der Waals surface area (Å²) in [6.45, 7) is 7.47. The summed E-state index contributed by atoms with van der Waals surface area (Å²) in [6.07, 6.45) is 5.79. The summed E-state index contributed by atoms with van der Waals surface area (Å²) in [6, 6.07) is 10.3. The molecule has 200 valence electrons. The molecule has 0 aliphatic carbocycles. The van der Waals surface area contributed by atoms with Crippen molar-refractivity contribution in [1.82, 2.24) is 0 Å². The van der Waals surface area contributed by atoms with Gasteiger partial charge in [0.1, 0.15) is 28.6 Å². The summed E-state index contributed by atoms with van der Waals surface area (Å²) in [4.78, 5) is 22.5. The summed E-state index contributed by atoms with van der Waals surface area (Å²) in [5.41, 5.74) is 0.848. The van der Waals surface area contributed by atoms with Crippen LogP contribution in [0.3, 0.4) is 0 Å². The van der Waals surface area contributed by atoms with E-state index in [-0.39, 0.29) is 29.2 Å². The number of hydrogen-bond acceptors (Lipinski definition) is 6. The van der Waals surface area contributed by atoms with Crippen LogP contribution in [0.15, 0.2) is 36.4 Å². The maximum absolute atomic E-state index is 13.7. The Labute approximate surface area is 213 Å². The van der Waals surface area contributed by atoms with Gasteiger partial charge in [0.15, 0.2) is 5.78 Å². The van der Waals surface area contributed by atoms with Crippen LogP contribution in [0.1, 0.15) is 81.6 Å². The maximum atomic E-state index is 13.7. The fourth-order valence-corrected chi connectivity index (χ4v) is 3.75. The van der Waals surface area contributed by atoms with Gasteiger partial charge in [0.2, 0.25) is 0 Å². The number of carbonyl (C=O) groups is 1. The quantitative estimate of drug-likeness (QED) is 0.123. The van der Waals surface area contributed by atoms with Gasteiger partial charge in [-0.1, -0.05) is 52.2 Å². The number of rotatable bonds is 18. The molecule has 1 N–H and O–H groups in total. The van der Waals surface area contributed by atoms with E-state index < -0.39 is 13.7 Å². The highest BCUT2D eigenvalue weighted by Crippen LogP contribution is 2.48. The number of carbonyl (C=O) groups excluding carboxylic acids is 1. The van der Waals surface area contributed by atoms with Crippen LogP contribution < -0.4 is 18.7 Å². The van der Waals surface area contributed by atoms with Crippen molar-refractivity contribution in [3.8, 4) is 23.0 Å². The molecule has 0 bridgehead atoms. The van der Waals surface area contributed by atoms with Gasteiger partial charge in [-0.05, 0) is 43.4 Å². The van der Waals surface area contributed by atoms with Crippen LogP contribution in [0.2, 0.25) is 0 Å². The highest BCUT2D eigenvalue weighted by atomic mass is 31.2. The third-order valence-corrected chi connectivity index (χ3v) is 5.80. The molecule has 2 aromatic rings. The zero-order valence-electron chi connectivity index (χ0n) is 21.5. The van der Waals surface area contributed by atoms with Gasteiger partial charge >= 0.3 is 7.91 Å². The van der Waals surface area contributed by atoms with Crippen molar-refractivity contribution in [2.75, 3.05) is 19.8 Å². The van der Waals surface area contributed by atoms with Crippen LogP contribution in [0.5, 0.6) is 23.0 Å². The van der Waals surface area contributed by atoms with Crippen molar-refractivity contribution >= 4 is 13.7 Å². The molecule has 1 unspecified atom stereocenters. The van der Waals surface area contributed by atoms with Gasteiger partial charge in [0.05, 0.1) is 19.8 Å². The second-order valence-corrected chi connectivity index (χ2v) is 9.60. The van der Waals surface area contributed by atoms with E-state index >= 15 is 0 Å². The molecule has 36 heavy (non-hydrogen) atoms. The molecule has 0 fully saturated rings. The number of Topliss-reactive ketones (excluding diaryl/α,β-unsaturated/α-hetero) is 1. The summed E-state index contributed by atoms with van der Waals surface area (Å²) in [5.74, 6) is 0.419. The minimum atomic E-state index is -5.43.